The Kier molecular flexibility index (Phi) is 5.14. The van der Waals surface area contributed by atoms with E-state index in [2.05, 4.69) is 17.1 Å². The van der Waals surface area contributed by atoms with Gasteiger partial charge in [0.05, 0.1) is 8.49 Å². The lowest BCUT2D eigenvalue weighted by Crippen LogP contribution is -2.38. The first-order valence-electron chi connectivity index (χ1n) is 6.63. The number of hydrogen-bond acceptors (Lipinski definition) is 4. The van der Waals surface area contributed by atoms with E-state index in [1.165, 1.54) is 12.1 Å². The molecule has 0 spiro atoms. The van der Waals surface area contributed by atoms with Gasteiger partial charge in [-0.2, -0.15) is 0 Å². The minimum absolute atomic E-state index is 0.0614. The number of likely N-dealkylation sites (tertiary alicyclic amines) is 1. The second kappa shape index (κ2) is 6.66. The van der Waals surface area contributed by atoms with E-state index in [1.807, 2.05) is 0 Å². The van der Waals surface area contributed by atoms with Crippen molar-refractivity contribution < 1.29 is 9.31 Å². The molecule has 0 radical (unpaired) electrons. The van der Waals surface area contributed by atoms with Crippen molar-refractivity contribution in [1.29, 1.82) is 0 Å². The van der Waals surface area contributed by atoms with Gasteiger partial charge < -0.3 is 10.2 Å². The summed E-state index contributed by atoms with van der Waals surface area (Å²) in [5, 5.41) is 14.2. The first-order chi connectivity index (χ1) is 9.51. The molecule has 0 unspecified atom stereocenters. The maximum atomic E-state index is 13.6. The summed E-state index contributed by atoms with van der Waals surface area (Å²) in [6.07, 6.45) is 1.83. The quantitative estimate of drug-likeness (QED) is 0.485. The Morgan fingerprint density at radius 3 is 2.70 bits per heavy atom. The van der Waals surface area contributed by atoms with Crippen LogP contribution < -0.4 is 5.32 Å². The van der Waals surface area contributed by atoms with Crippen LogP contribution in [0.1, 0.15) is 19.8 Å². The Morgan fingerprint density at radius 2 is 2.15 bits per heavy atom. The van der Waals surface area contributed by atoms with Crippen molar-refractivity contribution in [3.05, 3.63) is 31.6 Å². The number of piperidine rings is 1. The average Bonchev–Trinajstić information content (AvgIpc) is 2.43. The number of nitro groups is 1. The predicted octanol–water partition coefficient (Wildman–Crippen LogP) is 3.23. The summed E-state index contributed by atoms with van der Waals surface area (Å²) in [4.78, 5) is 12.9. The van der Waals surface area contributed by atoms with Crippen molar-refractivity contribution in [3.63, 3.8) is 0 Å². The third-order valence-corrected chi connectivity index (χ3v) is 4.46. The Hall–Kier alpha value is -0.960. The number of halogens is 2. The Bertz CT molecular complexity index is 505. The molecule has 110 valence electrons. The van der Waals surface area contributed by atoms with E-state index in [4.69, 9.17) is 0 Å². The van der Waals surface area contributed by atoms with Crippen molar-refractivity contribution in [2.45, 2.75) is 25.8 Å². The smallest absolute Gasteiger partial charge is 0.293 e. The molecule has 0 saturated carbocycles. The van der Waals surface area contributed by atoms with Gasteiger partial charge in [-0.15, -0.1) is 0 Å². The number of hydrogen-bond donors (Lipinski definition) is 1. The van der Waals surface area contributed by atoms with Crippen LogP contribution in [-0.2, 0) is 0 Å². The topological polar surface area (TPSA) is 58.4 Å². The van der Waals surface area contributed by atoms with Gasteiger partial charge in [-0.05, 0) is 42.0 Å². The summed E-state index contributed by atoms with van der Waals surface area (Å²) in [5.41, 5.74) is 0.219. The van der Waals surface area contributed by atoms with Crippen LogP contribution in [0.15, 0.2) is 12.1 Å². The molecule has 2 rings (SSSR count). The highest BCUT2D eigenvalue weighted by Crippen LogP contribution is 2.30. The van der Waals surface area contributed by atoms with Gasteiger partial charge in [0.1, 0.15) is 11.5 Å². The van der Waals surface area contributed by atoms with E-state index in [0.717, 1.165) is 32.5 Å². The van der Waals surface area contributed by atoms with Gasteiger partial charge >= 0.3 is 0 Å². The van der Waals surface area contributed by atoms with Crippen molar-refractivity contribution in [3.8, 4) is 0 Å². The minimum atomic E-state index is -0.467. The summed E-state index contributed by atoms with van der Waals surface area (Å²) in [6, 6.07) is 2.67. The molecule has 0 aromatic heterocycles. The van der Waals surface area contributed by atoms with Gasteiger partial charge in [0.15, 0.2) is 0 Å². The van der Waals surface area contributed by atoms with Crippen LogP contribution in [0.5, 0.6) is 0 Å². The molecular weight excluding hydrogens is 376 g/mol. The van der Waals surface area contributed by atoms with E-state index in [-0.39, 0.29) is 21.0 Å². The molecule has 1 heterocycles. The molecule has 0 atom stereocenters. The molecule has 1 fully saturated rings. The fourth-order valence-electron chi connectivity index (χ4n) is 2.42. The van der Waals surface area contributed by atoms with Crippen LogP contribution in [-0.4, -0.2) is 35.5 Å². The molecule has 20 heavy (non-hydrogen) atoms. The Labute approximate surface area is 130 Å². The molecule has 0 aliphatic carbocycles. The first kappa shape index (κ1) is 15.4. The maximum Gasteiger partial charge on any atom is 0.293 e. The molecular formula is C13H17FIN3O2. The molecule has 1 N–H and O–H groups in total. The summed E-state index contributed by atoms with van der Waals surface area (Å²) in [6.45, 7) is 5.07. The van der Waals surface area contributed by atoms with Crippen LogP contribution in [0, 0.1) is 19.5 Å². The SMILES string of the molecule is CCN1CCC(Nc2cc(F)c(I)cc2[N+](=O)[O-])CC1. The van der Waals surface area contributed by atoms with Gasteiger partial charge in [-0.3, -0.25) is 10.1 Å². The highest BCUT2D eigenvalue weighted by Gasteiger charge is 2.23. The molecule has 1 saturated heterocycles. The zero-order valence-electron chi connectivity index (χ0n) is 11.2. The zero-order chi connectivity index (χ0) is 14.7. The van der Waals surface area contributed by atoms with Gasteiger partial charge in [0.2, 0.25) is 0 Å². The molecule has 1 aliphatic rings. The van der Waals surface area contributed by atoms with Crippen LogP contribution in [0.25, 0.3) is 0 Å². The van der Waals surface area contributed by atoms with Crippen molar-refractivity contribution in [2.24, 2.45) is 0 Å². The van der Waals surface area contributed by atoms with E-state index < -0.39 is 10.7 Å². The number of nitro benzene ring substituents is 1. The number of benzene rings is 1. The van der Waals surface area contributed by atoms with Gasteiger partial charge in [-0.1, -0.05) is 6.92 Å². The van der Waals surface area contributed by atoms with Crippen LogP contribution in [0.2, 0.25) is 0 Å². The third kappa shape index (κ3) is 3.57. The molecule has 1 aromatic carbocycles. The fourth-order valence-corrected chi connectivity index (χ4v) is 2.87. The second-order valence-electron chi connectivity index (χ2n) is 4.89. The molecule has 0 amide bonds. The monoisotopic (exact) mass is 393 g/mol. The highest BCUT2D eigenvalue weighted by atomic mass is 127. The molecule has 0 bridgehead atoms. The van der Waals surface area contributed by atoms with E-state index in [0.29, 0.717) is 0 Å². The summed E-state index contributed by atoms with van der Waals surface area (Å²) in [7, 11) is 0. The predicted molar refractivity (Wildman–Crippen MR) is 84.5 cm³/mol. The number of nitrogens with one attached hydrogen (secondary N) is 1. The van der Waals surface area contributed by atoms with Crippen LogP contribution >= 0.6 is 22.6 Å². The number of anilines is 1. The van der Waals surface area contributed by atoms with Crippen molar-refractivity contribution in [1.82, 2.24) is 4.90 Å². The van der Waals surface area contributed by atoms with E-state index in [9.17, 15) is 14.5 Å². The van der Waals surface area contributed by atoms with Gasteiger partial charge in [-0.25, -0.2) is 4.39 Å². The maximum absolute atomic E-state index is 13.6. The van der Waals surface area contributed by atoms with Crippen molar-refractivity contribution in [2.75, 3.05) is 25.0 Å². The van der Waals surface area contributed by atoms with Crippen molar-refractivity contribution >= 4 is 34.0 Å². The second-order valence-corrected chi connectivity index (χ2v) is 6.06. The standard InChI is InChI=1S/C13H17FIN3O2/c1-2-17-5-3-9(4-6-17)16-12-7-10(14)11(15)8-13(12)18(19)20/h7-9,16H,2-6H2,1H3. The third-order valence-electron chi connectivity index (χ3n) is 3.63. The minimum Gasteiger partial charge on any atom is -0.377 e. The zero-order valence-corrected chi connectivity index (χ0v) is 13.4. The van der Waals surface area contributed by atoms with E-state index >= 15 is 0 Å². The summed E-state index contributed by atoms with van der Waals surface area (Å²) in [5.74, 6) is -0.426. The lowest BCUT2D eigenvalue weighted by atomic mass is 10.0. The lowest BCUT2D eigenvalue weighted by Gasteiger charge is -2.31. The van der Waals surface area contributed by atoms with Crippen LogP contribution in [0.4, 0.5) is 15.8 Å². The Balaban J connectivity index is 2.13. The van der Waals surface area contributed by atoms with Gasteiger partial charge in [0, 0.05) is 31.3 Å². The average molecular weight is 393 g/mol. The molecule has 7 heteroatoms. The number of rotatable bonds is 4. The molecule has 5 nitrogen and oxygen atoms in total. The summed E-state index contributed by atoms with van der Waals surface area (Å²) < 4.78 is 13.9. The Morgan fingerprint density at radius 1 is 1.50 bits per heavy atom. The number of nitrogens with zero attached hydrogens (tertiary/aromatic N) is 2. The largest absolute Gasteiger partial charge is 0.377 e. The van der Waals surface area contributed by atoms with E-state index in [1.54, 1.807) is 22.6 Å². The molecule has 1 aliphatic heterocycles. The summed E-state index contributed by atoms with van der Waals surface area (Å²) >= 11 is 1.76. The highest BCUT2D eigenvalue weighted by molar-refractivity contribution is 14.1. The normalized spacial score (nSPS) is 17.1. The molecule has 1 aromatic rings. The van der Waals surface area contributed by atoms with Crippen LogP contribution in [0.3, 0.4) is 0 Å². The van der Waals surface area contributed by atoms with Gasteiger partial charge in [0.25, 0.3) is 5.69 Å². The lowest BCUT2D eigenvalue weighted by molar-refractivity contribution is -0.384. The first-order valence-corrected chi connectivity index (χ1v) is 7.71. The fraction of sp³-hybridized carbons (Fsp3) is 0.538.